The number of pyridine rings is 1. The fraction of sp³-hybridized carbons (Fsp3) is 0.286. The molecule has 0 aliphatic heterocycles. The Bertz CT molecular complexity index is 1130. The van der Waals surface area contributed by atoms with E-state index in [0.717, 1.165) is 28.6 Å². The Morgan fingerprint density at radius 1 is 1.19 bits per heavy atom. The van der Waals surface area contributed by atoms with Gasteiger partial charge in [-0.3, -0.25) is 19.1 Å². The van der Waals surface area contributed by atoms with Crippen LogP contribution in [0.2, 0.25) is 5.02 Å². The largest absolute Gasteiger partial charge is 0.311 e. The number of aromatic nitrogens is 3. The van der Waals surface area contributed by atoms with Gasteiger partial charge >= 0.3 is 0 Å². The predicted octanol–water partition coefficient (Wildman–Crippen LogP) is 3.91. The summed E-state index contributed by atoms with van der Waals surface area (Å²) in [4.78, 5) is 16.8. The summed E-state index contributed by atoms with van der Waals surface area (Å²) >= 11 is 5.97. The molecule has 0 fully saturated rings. The Labute approximate surface area is 186 Å². The lowest BCUT2D eigenvalue weighted by Gasteiger charge is -2.17. The van der Waals surface area contributed by atoms with E-state index < -0.39 is 10.1 Å². The summed E-state index contributed by atoms with van der Waals surface area (Å²) in [6, 6.07) is 10.8. The number of carbonyl (C=O) groups is 1. The van der Waals surface area contributed by atoms with Crippen LogP contribution in [-0.4, -0.2) is 42.4 Å². The van der Waals surface area contributed by atoms with Crippen LogP contribution in [0.3, 0.4) is 0 Å². The second-order valence-corrected chi connectivity index (χ2v) is 9.20. The van der Waals surface area contributed by atoms with Gasteiger partial charge in [0.2, 0.25) is 5.91 Å². The maximum absolute atomic E-state index is 12.8. The van der Waals surface area contributed by atoms with E-state index in [-0.39, 0.29) is 24.9 Å². The SMILES string of the molecule is Cc1c(-c2ccncc2)n[nH]c1NC(=O)CC(CCOS(C)(=O)=O)c1ccc(Cl)cc1. The minimum atomic E-state index is -3.55. The number of H-pyrrole nitrogens is 1. The van der Waals surface area contributed by atoms with Crippen molar-refractivity contribution in [1.29, 1.82) is 0 Å². The Balaban J connectivity index is 1.71. The first-order valence-electron chi connectivity index (χ1n) is 9.58. The van der Waals surface area contributed by atoms with Gasteiger partial charge in [-0.15, -0.1) is 0 Å². The third-order valence-corrected chi connectivity index (χ3v) is 5.61. The molecule has 1 atom stereocenters. The third kappa shape index (κ3) is 6.61. The Kier molecular flexibility index (Phi) is 7.42. The summed E-state index contributed by atoms with van der Waals surface area (Å²) in [5, 5.41) is 10.6. The molecule has 31 heavy (non-hydrogen) atoms. The van der Waals surface area contributed by atoms with E-state index >= 15 is 0 Å². The zero-order chi connectivity index (χ0) is 22.4. The van der Waals surface area contributed by atoms with Crippen LogP contribution in [0.15, 0.2) is 48.8 Å². The van der Waals surface area contributed by atoms with Crippen molar-refractivity contribution in [2.45, 2.75) is 25.7 Å². The number of benzene rings is 1. The molecule has 0 aliphatic rings. The highest BCUT2D eigenvalue weighted by molar-refractivity contribution is 7.85. The van der Waals surface area contributed by atoms with Crippen molar-refractivity contribution in [2.75, 3.05) is 18.2 Å². The second-order valence-electron chi connectivity index (χ2n) is 7.12. The number of carbonyl (C=O) groups excluding carboxylic acids is 1. The summed E-state index contributed by atoms with van der Waals surface area (Å²) in [5.74, 6) is 0.0355. The van der Waals surface area contributed by atoms with Crippen molar-refractivity contribution >= 4 is 33.4 Å². The number of amides is 1. The smallest absolute Gasteiger partial charge is 0.264 e. The number of anilines is 1. The molecule has 0 saturated heterocycles. The predicted molar refractivity (Wildman–Crippen MR) is 119 cm³/mol. The van der Waals surface area contributed by atoms with Crippen molar-refractivity contribution in [3.05, 3.63) is 64.9 Å². The molecule has 1 aromatic carbocycles. The first-order chi connectivity index (χ1) is 14.7. The molecule has 0 aliphatic carbocycles. The maximum Gasteiger partial charge on any atom is 0.264 e. The normalized spacial score (nSPS) is 12.5. The molecule has 1 amide bonds. The Morgan fingerprint density at radius 2 is 1.87 bits per heavy atom. The molecule has 0 radical (unpaired) electrons. The molecule has 8 nitrogen and oxygen atoms in total. The van der Waals surface area contributed by atoms with Gasteiger partial charge in [0.25, 0.3) is 10.1 Å². The number of halogens is 1. The summed E-state index contributed by atoms with van der Waals surface area (Å²) in [6.45, 7) is 1.85. The van der Waals surface area contributed by atoms with Crippen molar-refractivity contribution in [3.63, 3.8) is 0 Å². The van der Waals surface area contributed by atoms with E-state index in [1.165, 1.54) is 0 Å². The number of aromatic amines is 1. The van der Waals surface area contributed by atoms with Crippen molar-refractivity contribution in [3.8, 4) is 11.3 Å². The average Bonchev–Trinajstić information content (AvgIpc) is 3.08. The number of rotatable bonds is 9. The average molecular weight is 463 g/mol. The van der Waals surface area contributed by atoms with E-state index in [2.05, 4.69) is 20.5 Å². The van der Waals surface area contributed by atoms with E-state index in [1.807, 2.05) is 31.2 Å². The van der Waals surface area contributed by atoms with Gasteiger partial charge in [-0.25, -0.2) is 0 Å². The van der Waals surface area contributed by atoms with Gasteiger partial charge in [0.15, 0.2) is 0 Å². The summed E-state index contributed by atoms with van der Waals surface area (Å²) in [6.07, 6.45) is 4.84. The van der Waals surface area contributed by atoms with E-state index in [1.54, 1.807) is 24.5 Å². The van der Waals surface area contributed by atoms with Crippen molar-refractivity contribution in [2.24, 2.45) is 0 Å². The number of nitrogens with one attached hydrogen (secondary N) is 2. The zero-order valence-corrected chi connectivity index (χ0v) is 18.7. The molecule has 0 bridgehead atoms. The highest BCUT2D eigenvalue weighted by atomic mass is 35.5. The number of hydrogen-bond donors (Lipinski definition) is 2. The second kappa shape index (κ2) is 10.0. The molecule has 3 aromatic rings. The molecule has 2 aromatic heterocycles. The minimum absolute atomic E-state index is 0.0192. The fourth-order valence-electron chi connectivity index (χ4n) is 3.19. The summed E-state index contributed by atoms with van der Waals surface area (Å²) in [7, 11) is -3.55. The molecule has 10 heteroatoms. The van der Waals surface area contributed by atoms with Crippen LogP contribution in [0.25, 0.3) is 11.3 Å². The van der Waals surface area contributed by atoms with Gasteiger partial charge in [0, 0.05) is 35.0 Å². The first kappa shape index (κ1) is 22.9. The van der Waals surface area contributed by atoms with Crippen LogP contribution >= 0.6 is 11.6 Å². The van der Waals surface area contributed by atoms with Gasteiger partial charge in [0.05, 0.1) is 18.6 Å². The molecule has 2 N–H and O–H groups in total. The summed E-state index contributed by atoms with van der Waals surface area (Å²) < 4.78 is 27.4. The zero-order valence-electron chi connectivity index (χ0n) is 17.1. The van der Waals surface area contributed by atoms with Crippen LogP contribution < -0.4 is 5.32 Å². The first-order valence-corrected chi connectivity index (χ1v) is 11.8. The van der Waals surface area contributed by atoms with Gasteiger partial charge in [-0.1, -0.05) is 23.7 Å². The molecule has 1 unspecified atom stereocenters. The number of nitrogens with zero attached hydrogens (tertiary/aromatic N) is 2. The molecule has 0 saturated carbocycles. The molecule has 3 rings (SSSR count). The molecule has 0 spiro atoms. The Morgan fingerprint density at radius 3 is 2.52 bits per heavy atom. The van der Waals surface area contributed by atoms with Crippen LogP contribution in [0.1, 0.15) is 29.9 Å². The van der Waals surface area contributed by atoms with Crippen molar-refractivity contribution < 1.29 is 17.4 Å². The lowest BCUT2D eigenvalue weighted by atomic mass is 9.92. The van der Waals surface area contributed by atoms with Crippen molar-refractivity contribution in [1.82, 2.24) is 15.2 Å². The van der Waals surface area contributed by atoms with E-state index in [0.29, 0.717) is 17.3 Å². The standard InChI is InChI=1S/C21H23ClN4O4S/c1-14-20(16-7-10-23-11-8-16)25-26-21(14)24-19(27)13-17(9-12-30-31(2,28)29)15-3-5-18(22)6-4-15/h3-8,10-11,17H,9,12-13H2,1-2H3,(H2,24,25,26,27). The topological polar surface area (TPSA) is 114 Å². The van der Waals surface area contributed by atoms with E-state index in [9.17, 15) is 13.2 Å². The number of hydrogen-bond acceptors (Lipinski definition) is 6. The van der Waals surface area contributed by atoms with Crippen LogP contribution in [0, 0.1) is 6.92 Å². The highest BCUT2D eigenvalue weighted by Crippen LogP contribution is 2.28. The van der Waals surface area contributed by atoms with Crippen LogP contribution in [0.5, 0.6) is 0 Å². The van der Waals surface area contributed by atoms with E-state index in [4.69, 9.17) is 15.8 Å². The fourth-order valence-corrected chi connectivity index (χ4v) is 3.71. The lowest BCUT2D eigenvalue weighted by Crippen LogP contribution is -2.18. The monoisotopic (exact) mass is 462 g/mol. The maximum atomic E-state index is 12.8. The molecule has 164 valence electrons. The lowest BCUT2D eigenvalue weighted by molar-refractivity contribution is -0.116. The van der Waals surface area contributed by atoms with Crippen LogP contribution in [0.4, 0.5) is 5.82 Å². The van der Waals surface area contributed by atoms with Gasteiger partial charge in [0.1, 0.15) is 5.82 Å². The molecular weight excluding hydrogens is 440 g/mol. The van der Waals surface area contributed by atoms with Gasteiger partial charge in [-0.2, -0.15) is 13.5 Å². The molecular formula is C21H23ClN4O4S. The van der Waals surface area contributed by atoms with Gasteiger partial charge in [-0.05, 0) is 49.1 Å². The molecule has 2 heterocycles. The minimum Gasteiger partial charge on any atom is -0.311 e. The third-order valence-electron chi connectivity index (χ3n) is 4.76. The summed E-state index contributed by atoms with van der Waals surface area (Å²) in [5.41, 5.74) is 3.30. The van der Waals surface area contributed by atoms with Gasteiger partial charge < -0.3 is 5.32 Å². The quantitative estimate of drug-likeness (QED) is 0.466. The Hall–Kier alpha value is -2.75. The highest BCUT2D eigenvalue weighted by Gasteiger charge is 2.19. The van der Waals surface area contributed by atoms with Crippen LogP contribution in [-0.2, 0) is 19.1 Å².